The summed E-state index contributed by atoms with van der Waals surface area (Å²) in [7, 11) is 0. The van der Waals surface area contributed by atoms with Gasteiger partial charge in [0.05, 0.1) is 12.6 Å². The Balaban J connectivity index is 1.83. The maximum Gasteiger partial charge on any atom is 0.125 e. The second-order valence-corrected chi connectivity index (χ2v) is 5.03. The van der Waals surface area contributed by atoms with Crippen molar-refractivity contribution >= 4 is 5.69 Å². The summed E-state index contributed by atoms with van der Waals surface area (Å²) in [5, 5.41) is 14.1. The predicted molar refractivity (Wildman–Crippen MR) is 80.1 cm³/mol. The Bertz CT molecular complexity index is 572. The molecule has 0 aliphatic carbocycles. The lowest BCUT2D eigenvalue weighted by Gasteiger charge is -2.21. The van der Waals surface area contributed by atoms with E-state index in [9.17, 15) is 5.11 Å². The Morgan fingerprint density at radius 1 is 1.20 bits per heavy atom. The highest BCUT2D eigenvalue weighted by Crippen LogP contribution is 2.34. The van der Waals surface area contributed by atoms with Crippen LogP contribution in [0, 0.1) is 0 Å². The molecule has 2 aromatic rings. The fraction of sp³-hybridized carbons (Fsp3) is 0.294. The summed E-state index contributed by atoms with van der Waals surface area (Å²) in [6.45, 7) is 2.55. The first-order valence-electron chi connectivity index (χ1n) is 7.04. The first-order chi connectivity index (χ1) is 9.79. The van der Waals surface area contributed by atoms with E-state index in [2.05, 4.69) is 17.4 Å². The molecule has 2 aromatic carbocycles. The number of hydrogen-bond acceptors (Lipinski definition) is 3. The van der Waals surface area contributed by atoms with Crippen molar-refractivity contribution in [2.75, 3.05) is 11.9 Å². The molecule has 2 N–H and O–H groups in total. The van der Waals surface area contributed by atoms with Crippen LogP contribution in [0.2, 0.25) is 0 Å². The molecule has 2 atom stereocenters. The number of nitrogens with one attached hydrogen (secondary N) is 1. The number of rotatable bonds is 4. The fourth-order valence-electron chi connectivity index (χ4n) is 2.75. The summed E-state index contributed by atoms with van der Waals surface area (Å²) < 4.78 is 5.61. The van der Waals surface area contributed by atoms with Crippen LogP contribution < -0.4 is 10.1 Å². The van der Waals surface area contributed by atoms with Crippen molar-refractivity contribution in [1.82, 2.24) is 0 Å². The molecule has 3 heteroatoms. The average Bonchev–Trinajstić information content (AvgIpc) is 2.91. The normalized spacial score (nSPS) is 18.2. The highest BCUT2D eigenvalue weighted by Gasteiger charge is 2.29. The highest BCUT2D eigenvalue weighted by molar-refractivity contribution is 5.57. The van der Waals surface area contributed by atoms with Crippen LogP contribution in [0.25, 0.3) is 0 Å². The number of fused-ring (bicyclic) bond motifs is 1. The van der Waals surface area contributed by atoms with Gasteiger partial charge < -0.3 is 15.2 Å². The van der Waals surface area contributed by atoms with Crippen LogP contribution in [-0.2, 0) is 6.42 Å². The van der Waals surface area contributed by atoms with Crippen molar-refractivity contribution in [2.45, 2.75) is 25.5 Å². The molecule has 0 bridgehead atoms. The number of ether oxygens (including phenoxy) is 1. The van der Waals surface area contributed by atoms with Crippen LogP contribution >= 0.6 is 0 Å². The zero-order chi connectivity index (χ0) is 13.9. The Morgan fingerprint density at radius 2 is 1.95 bits per heavy atom. The molecule has 1 aliphatic heterocycles. The van der Waals surface area contributed by atoms with E-state index < -0.39 is 6.10 Å². The number of aliphatic hydroxyl groups is 1. The van der Waals surface area contributed by atoms with E-state index >= 15 is 0 Å². The smallest absolute Gasteiger partial charge is 0.125 e. The molecular weight excluding hydrogens is 250 g/mol. The SMILES string of the molecule is CCOc1ccccc1C(O)C1Cc2ccccc2N1. The van der Waals surface area contributed by atoms with Gasteiger partial charge in [0.1, 0.15) is 11.9 Å². The third-order valence-corrected chi connectivity index (χ3v) is 3.72. The molecule has 0 radical (unpaired) electrons. The van der Waals surface area contributed by atoms with Crippen LogP contribution in [0.3, 0.4) is 0 Å². The first kappa shape index (κ1) is 13.0. The maximum absolute atomic E-state index is 10.7. The van der Waals surface area contributed by atoms with Gasteiger partial charge in [-0.05, 0) is 31.0 Å². The minimum Gasteiger partial charge on any atom is -0.493 e. The van der Waals surface area contributed by atoms with E-state index in [1.807, 2.05) is 43.3 Å². The molecule has 0 aromatic heterocycles. The lowest BCUT2D eigenvalue weighted by atomic mass is 9.98. The van der Waals surface area contributed by atoms with Crippen molar-refractivity contribution in [3.63, 3.8) is 0 Å². The summed E-state index contributed by atoms with van der Waals surface area (Å²) >= 11 is 0. The van der Waals surface area contributed by atoms with Crippen molar-refractivity contribution in [2.24, 2.45) is 0 Å². The minimum absolute atomic E-state index is 0.00555. The second-order valence-electron chi connectivity index (χ2n) is 5.03. The maximum atomic E-state index is 10.7. The Morgan fingerprint density at radius 3 is 2.75 bits per heavy atom. The number of aliphatic hydroxyl groups excluding tert-OH is 1. The third kappa shape index (κ3) is 2.37. The molecule has 1 heterocycles. The number of para-hydroxylation sites is 2. The van der Waals surface area contributed by atoms with Gasteiger partial charge in [0.2, 0.25) is 0 Å². The van der Waals surface area contributed by atoms with Gasteiger partial charge in [-0.1, -0.05) is 36.4 Å². The van der Waals surface area contributed by atoms with E-state index in [4.69, 9.17) is 4.74 Å². The largest absolute Gasteiger partial charge is 0.493 e. The van der Waals surface area contributed by atoms with Crippen LogP contribution in [0.5, 0.6) is 5.75 Å². The van der Waals surface area contributed by atoms with Crippen LogP contribution in [0.4, 0.5) is 5.69 Å². The van der Waals surface area contributed by atoms with Crippen molar-refractivity contribution in [1.29, 1.82) is 0 Å². The van der Waals surface area contributed by atoms with Gasteiger partial charge in [0.25, 0.3) is 0 Å². The van der Waals surface area contributed by atoms with E-state index in [1.54, 1.807) is 0 Å². The second kappa shape index (κ2) is 5.55. The van der Waals surface area contributed by atoms with Gasteiger partial charge in [0, 0.05) is 11.3 Å². The summed E-state index contributed by atoms with van der Waals surface area (Å²) in [6, 6.07) is 15.9. The molecule has 2 unspecified atom stereocenters. The van der Waals surface area contributed by atoms with Gasteiger partial charge in [-0.25, -0.2) is 0 Å². The summed E-state index contributed by atoms with van der Waals surface area (Å²) in [5.41, 5.74) is 3.22. The summed E-state index contributed by atoms with van der Waals surface area (Å²) in [4.78, 5) is 0. The molecule has 0 saturated carbocycles. The Labute approximate surface area is 119 Å². The molecule has 0 saturated heterocycles. The standard InChI is InChI=1S/C17H19NO2/c1-2-20-16-10-6-4-8-13(16)17(19)15-11-12-7-3-5-9-14(12)18-15/h3-10,15,17-19H,2,11H2,1H3. The van der Waals surface area contributed by atoms with E-state index in [1.165, 1.54) is 5.56 Å². The van der Waals surface area contributed by atoms with E-state index in [0.717, 1.165) is 23.4 Å². The quantitative estimate of drug-likeness (QED) is 0.896. The fourth-order valence-corrected chi connectivity index (χ4v) is 2.75. The predicted octanol–water partition coefficient (Wildman–Crippen LogP) is 3.16. The average molecular weight is 269 g/mol. The van der Waals surface area contributed by atoms with E-state index in [0.29, 0.717) is 6.61 Å². The Hall–Kier alpha value is -2.00. The van der Waals surface area contributed by atoms with Crippen molar-refractivity contribution in [3.05, 3.63) is 59.7 Å². The molecular formula is C17H19NO2. The molecule has 3 nitrogen and oxygen atoms in total. The van der Waals surface area contributed by atoms with Crippen LogP contribution in [-0.4, -0.2) is 17.8 Å². The molecule has 0 spiro atoms. The molecule has 20 heavy (non-hydrogen) atoms. The van der Waals surface area contributed by atoms with Gasteiger partial charge in [0.15, 0.2) is 0 Å². The first-order valence-corrected chi connectivity index (χ1v) is 7.04. The summed E-state index contributed by atoms with van der Waals surface area (Å²) in [6.07, 6.45) is 0.253. The lowest BCUT2D eigenvalue weighted by molar-refractivity contribution is 0.151. The van der Waals surface area contributed by atoms with Crippen molar-refractivity contribution < 1.29 is 9.84 Å². The Kier molecular flexibility index (Phi) is 3.61. The number of benzene rings is 2. The topological polar surface area (TPSA) is 41.5 Å². The lowest BCUT2D eigenvalue weighted by Crippen LogP contribution is -2.25. The van der Waals surface area contributed by atoms with E-state index in [-0.39, 0.29) is 6.04 Å². The zero-order valence-electron chi connectivity index (χ0n) is 11.5. The van der Waals surface area contributed by atoms with Crippen LogP contribution in [0.1, 0.15) is 24.2 Å². The van der Waals surface area contributed by atoms with Crippen LogP contribution in [0.15, 0.2) is 48.5 Å². The number of anilines is 1. The molecule has 3 rings (SSSR count). The van der Waals surface area contributed by atoms with Gasteiger partial charge in [-0.15, -0.1) is 0 Å². The zero-order valence-corrected chi connectivity index (χ0v) is 11.5. The molecule has 1 aliphatic rings. The molecule has 0 amide bonds. The van der Waals surface area contributed by atoms with Gasteiger partial charge in [-0.3, -0.25) is 0 Å². The molecule has 104 valence electrons. The van der Waals surface area contributed by atoms with Gasteiger partial charge >= 0.3 is 0 Å². The summed E-state index contributed by atoms with van der Waals surface area (Å²) in [5.74, 6) is 0.764. The number of hydrogen-bond donors (Lipinski definition) is 2. The minimum atomic E-state index is -0.579. The van der Waals surface area contributed by atoms with Crippen molar-refractivity contribution in [3.8, 4) is 5.75 Å². The monoisotopic (exact) mass is 269 g/mol. The highest BCUT2D eigenvalue weighted by atomic mass is 16.5. The van der Waals surface area contributed by atoms with Gasteiger partial charge in [-0.2, -0.15) is 0 Å². The third-order valence-electron chi connectivity index (χ3n) is 3.72. The molecule has 0 fully saturated rings.